The van der Waals surface area contributed by atoms with E-state index in [4.69, 9.17) is 8.74 Å². The molecule has 1 unspecified atom stereocenters. The molecule has 0 aromatic heterocycles. The summed E-state index contributed by atoms with van der Waals surface area (Å²) in [6.45, 7) is 4.66. The Bertz CT molecular complexity index is 521. The molecule has 0 amide bonds. The summed E-state index contributed by atoms with van der Waals surface area (Å²) in [6.07, 6.45) is 35.5. The molecule has 0 aliphatic heterocycles. The fourth-order valence-corrected chi connectivity index (χ4v) is 5.58. The van der Waals surface area contributed by atoms with Gasteiger partial charge in [-0.1, -0.05) is 174 Å². The predicted molar refractivity (Wildman–Crippen MR) is 157 cm³/mol. The molecule has 0 radical (unpaired) electrons. The molecule has 0 saturated heterocycles. The molecule has 0 bridgehead atoms. The first kappa shape index (κ1) is 35.9. The molecular formula is C31H64O4S. The van der Waals surface area contributed by atoms with Gasteiger partial charge in [-0.05, 0) is 18.8 Å². The third-order valence-electron chi connectivity index (χ3n) is 7.63. The standard InChI is InChI=1S/C31H64O4S/c1-3-5-7-9-11-13-14-15-16-17-18-19-20-21-23-25-27-29-31(30-35-36(32,33)34)28-26-24-22-12-10-8-6-4-2/h31H,3-30H2,1-2H3,(H,32,33,34). The molecule has 0 aliphatic rings. The van der Waals surface area contributed by atoms with E-state index >= 15 is 0 Å². The minimum Gasteiger partial charge on any atom is -0.264 e. The Kier molecular flexibility index (Phi) is 27.8. The number of hydrogen-bond donors (Lipinski definition) is 1. The van der Waals surface area contributed by atoms with Crippen molar-refractivity contribution in [2.24, 2.45) is 5.92 Å². The summed E-state index contributed by atoms with van der Waals surface area (Å²) < 4.78 is 35.7. The monoisotopic (exact) mass is 532 g/mol. The maximum Gasteiger partial charge on any atom is 0.397 e. The summed E-state index contributed by atoms with van der Waals surface area (Å²) in [5, 5.41) is 0. The van der Waals surface area contributed by atoms with Gasteiger partial charge in [-0.25, -0.2) is 4.18 Å². The Balaban J connectivity index is 3.63. The average Bonchev–Trinajstić information content (AvgIpc) is 2.85. The molecule has 4 nitrogen and oxygen atoms in total. The minimum absolute atomic E-state index is 0.133. The zero-order valence-corrected chi connectivity index (χ0v) is 25.3. The molecule has 0 saturated carbocycles. The molecule has 0 rings (SSSR count). The van der Waals surface area contributed by atoms with E-state index in [1.807, 2.05) is 0 Å². The quantitative estimate of drug-likeness (QED) is 0.0738. The fraction of sp³-hybridized carbons (Fsp3) is 1.00. The fourth-order valence-electron chi connectivity index (χ4n) is 5.22. The number of rotatable bonds is 30. The van der Waals surface area contributed by atoms with Crippen LogP contribution in [0.2, 0.25) is 0 Å². The maximum absolute atomic E-state index is 11.0. The van der Waals surface area contributed by atoms with Crippen molar-refractivity contribution in [1.82, 2.24) is 0 Å². The second kappa shape index (κ2) is 27.9. The van der Waals surface area contributed by atoms with Gasteiger partial charge in [-0.15, -0.1) is 0 Å². The first-order chi connectivity index (χ1) is 17.5. The van der Waals surface area contributed by atoms with E-state index in [2.05, 4.69) is 13.8 Å². The Morgan fingerprint density at radius 1 is 0.472 bits per heavy atom. The van der Waals surface area contributed by atoms with Crippen LogP contribution in [-0.2, 0) is 14.6 Å². The van der Waals surface area contributed by atoms with Gasteiger partial charge in [-0.2, -0.15) is 8.42 Å². The largest absolute Gasteiger partial charge is 0.397 e. The highest BCUT2D eigenvalue weighted by Crippen LogP contribution is 2.21. The van der Waals surface area contributed by atoms with Crippen LogP contribution >= 0.6 is 0 Å². The number of unbranched alkanes of at least 4 members (excludes halogenated alkanes) is 23. The van der Waals surface area contributed by atoms with Gasteiger partial charge < -0.3 is 0 Å². The summed E-state index contributed by atoms with van der Waals surface area (Å²) in [6, 6.07) is 0. The van der Waals surface area contributed by atoms with Gasteiger partial charge in [0.25, 0.3) is 0 Å². The zero-order chi connectivity index (χ0) is 26.6. The van der Waals surface area contributed by atoms with Crippen molar-refractivity contribution in [1.29, 1.82) is 0 Å². The van der Waals surface area contributed by atoms with Crippen LogP contribution in [0.3, 0.4) is 0 Å². The van der Waals surface area contributed by atoms with Crippen LogP contribution < -0.4 is 0 Å². The summed E-state index contributed by atoms with van der Waals surface area (Å²) in [4.78, 5) is 0. The Morgan fingerprint density at radius 2 is 0.722 bits per heavy atom. The summed E-state index contributed by atoms with van der Waals surface area (Å²) in [7, 11) is -4.33. The molecule has 0 aromatic rings. The van der Waals surface area contributed by atoms with Gasteiger partial charge in [0, 0.05) is 0 Å². The first-order valence-electron chi connectivity index (χ1n) is 16.1. The third kappa shape index (κ3) is 30.1. The van der Waals surface area contributed by atoms with Gasteiger partial charge >= 0.3 is 10.4 Å². The molecule has 0 aromatic carbocycles. The third-order valence-corrected chi connectivity index (χ3v) is 8.07. The van der Waals surface area contributed by atoms with Crippen LogP contribution in [0.25, 0.3) is 0 Å². The van der Waals surface area contributed by atoms with Crippen molar-refractivity contribution >= 4 is 10.4 Å². The minimum atomic E-state index is -4.33. The van der Waals surface area contributed by atoms with Gasteiger partial charge in [0.05, 0.1) is 6.61 Å². The molecule has 5 heteroatoms. The van der Waals surface area contributed by atoms with Crippen molar-refractivity contribution in [3.05, 3.63) is 0 Å². The number of hydrogen-bond acceptors (Lipinski definition) is 3. The van der Waals surface area contributed by atoms with Crippen molar-refractivity contribution in [3.63, 3.8) is 0 Å². The van der Waals surface area contributed by atoms with Crippen LogP contribution in [0.1, 0.15) is 187 Å². The van der Waals surface area contributed by atoms with Crippen molar-refractivity contribution in [3.8, 4) is 0 Å². The molecule has 36 heavy (non-hydrogen) atoms. The normalized spacial score (nSPS) is 12.9. The molecule has 0 heterocycles. The lowest BCUT2D eigenvalue weighted by molar-refractivity contribution is 0.204. The van der Waals surface area contributed by atoms with Crippen LogP contribution in [0.5, 0.6) is 0 Å². The lowest BCUT2D eigenvalue weighted by atomic mass is 9.94. The van der Waals surface area contributed by atoms with E-state index in [0.717, 1.165) is 25.7 Å². The average molecular weight is 533 g/mol. The SMILES string of the molecule is CCCCCCCCCCCCCCCCCCCC(CCCCCCCCCC)COS(=O)(=O)O. The topological polar surface area (TPSA) is 63.6 Å². The predicted octanol–water partition coefficient (Wildman–Crippen LogP) is 11.0. The smallest absolute Gasteiger partial charge is 0.264 e. The summed E-state index contributed by atoms with van der Waals surface area (Å²) in [5.41, 5.74) is 0. The molecule has 0 aliphatic carbocycles. The Morgan fingerprint density at radius 3 is 0.972 bits per heavy atom. The van der Waals surface area contributed by atoms with Crippen LogP contribution in [-0.4, -0.2) is 19.6 Å². The highest BCUT2D eigenvalue weighted by Gasteiger charge is 2.13. The van der Waals surface area contributed by atoms with Crippen molar-refractivity contribution < 1.29 is 17.2 Å². The van der Waals surface area contributed by atoms with E-state index < -0.39 is 10.4 Å². The van der Waals surface area contributed by atoms with E-state index in [1.54, 1.807) is 0 Å². The Labute approximate surface area is 227 Å². The van der Waals surface area contributed by atoms with Gasteiger partial charge in [0.2, 0.25) is 0 Å². The lowest BCUT2D eigenvalue weighted by Crippen LogP contribution is -2.14. The second-order valence-corrected chi connectivity index (χ2v) is 12.4. The van der Waals surface area contributed by atoms with Gasteiger partial charge in [0.1, 0.15) is 0 Å². The Hall–Kier alpha value is -0.130. The summed E-state index contributed by atoms with van der Waals surface area (Å²) in [5.74, 6) is 0.239. The van der Waals surface area contributed by atoms with Gasteiger partial charge in [0.15, 0.2) is 0 Å². The second-order valence-electron chi connectivity index (χ2n) is 11.3. The maximum atomic E-state index is 11.0. The molecular weight excluding hydrogens is 468 g/mol. The van der Waals surface area contributed by atoms with E-state index in [1.165, 1.54) is 148 Å². The zero-order valence-electron chi connectivity index (χ0n) is 24.5. The molecule has 1 atom stereocenters. The molecule has 218 valence electrons. The molecule has 0 spiro atoms. The van der Waals surface area contributed by atoms with Crippen LogP contribution in [0.15, 0.2) is 0 Å². The highest BCUT2D eigenvalue weighted by atomic mass is 32.3. The van der Waals surface area contributed by atoms with Crippen molar-refractivity contribution in [2.75, 3.05) is 6.61 Å². The summed E-state index contributed by atoms with van der Waals surface area (Å²) >= 11 is 0. The lowest BCUT2D eigenvalue weighted by Gasteiger charge is -2.16. The first-order valence-corrected chi connectivity index (χ1v) is 17.5. The van der Waals surface area contributed by atoms with Crippen molar-refractivity contribution in [2.45, 2.75) is 187 Å². The van der Waals surface area contributed by atoms with Gasteiger partial charge in [-0.3, -0.25) is 4.55 Å². The van der Waals surface area contributed by atoms with Crippen LogP contribution in [0, 0.1) is 5.92 Å². The van der Waals surface area contributed by atoms with Crippen LogP contribution in [0.4, 0.5) is 0 Å². The highest BCUT2D eigenvalue weighted by molar-refractivity contribution is 7.80. The van der Waals surface area contributed by atoms with E-state index in [9.17, 15) is 8.42 Å². The van der Waals surface area contributed by atoms with E-state index in [-0.39, 0.29) is 12.5 Å². The molecule has 1 N–H and O–H groups in total. The molecule has 0 fully saturated rings. The van der Waals surface area contributed by atoms with E-state index in [0.29, 0.717) is 0 Å².